The molecule has 0 heterocycles. The predicted octanol–water partition coefficient (Wildman–Crippen LogP) is 7.36. The molecule has 1 aromatic carbocycles. The van der Waals surface area contributed by atoms with E-state index in [1.807, 2.05) is 6.07 Å². The zero-order valence-electron chi connectivity index (χ0n) is 13.0. The summed E-state index contributed by atoms with van der Waals surface area (Å²) in [6.07, 6.45) is 10.6. The SMILES string of the molecule is CCCCCCCCC(CCc1ccccc1)C(Cl)(Cl)Cl. The highest BCUT2D eigenvalue weighted by Gasteiger charge is 2.31. The van der Waals surface area contributed by atoms with E-state index in [0.29, 0.717) is 0 Å². The highest BCUT2D eigenvalue weighted by atomic mass is 35.6. The van der Waals surface area contributed by atoms with Gasteiger partial charge in [-0.1, -0.05) is 111 Å². The second kappa shape index (κ2) is 10.8. The van der Waals surface area contributed by atoms with Crippen molar-refractivity contribution in [2.45, 2.75) is 68.5 Å². The van der Waals surface area contributed by atoms with Crippen molar-refractivity contribution in [2.24, 2.45) is 5.92 Å². The lowest BCUT2D eigenvalue weighted by Crippen LogP contribution is -2.20. The molecule has 0 nitrogen and oxygen atoms in total. The van der Waals surface area contributed by atoms with E-state index in [1.165, 1.54) is 37.7 Å². The minimum atomic E-state index is -1.14. The van der Waals surface area contributed by atoms with Crippen molar-refractivity contribution in [2.75, 3.05) is 0 Å². The third kappa shape index (κ3) is 8.96. The van der Waals surface area contributed by atoms with Gasteiger partial charge in [0.15, 0.2) is 3.79 Å². The van der Waals surface area contributed by atoms with Gasteiger partial charge in [0.05, 0.1) is 0 Å². The molecule has 120 valence electrons. The van der Waals surface area contributed by atoms with E-state index in [1.54, 1.807) is 0 Å². The fraction of sp³-hybridized carbons (Fsp3) is 0.667. The zero-order valence-corrected chi connectivity index (χ0v) is 15.2. The van der Waals surface area contributed by atoms with Gasteiger partial charge in [-0.2, -0.15) is 0 Å². The second-order valence-corrected chi connectivity index (χ2v) is 8.19. The first-order valence-corrected chi connectivity index (χ1v) is 9.28. The Balaban J connectivity index is 2.31. The van der Waals surface area contributed by atoms with Crippen LogP contribution in [0, 0.1) is 5.92 Å². The third-order valence-electron chi connectivity index (χ3n) is 3.99. The van der Waals surface area contributed by atoms with Gasteiger partial charge < -0.3 is 0 Å². The van der Waals surface area contributed by atoms with Crippen molar-refractivity contribution in [3.05, 3.63) is 35.9 Å². The molecule has 0 bridgehead atoms. The lowest BCUT2D eigenvalue weighted by molar-refractivity contribution is 0.429. The fourth-order valence-corrected chi connectivity index (χ4v) is 3.28. The molecule has 3 heteroatoms. The molecule has 0 aliphatic heterocycles. The van der Waals surface area contributed by atoms with E-state index in [4.69, 9.17) is 34.8 Å². The van der Waals surface area contributed by atoms with E-state index >= 15 is 0 Å². The Morgan fingerprint density at radius 2 is 1.48 bits per heavy atom. The molecule has 0 aromatic heterocycles. The van der Waals surface area contributed by atoms with E-state index < -0.39 is 3.79 Å². The van der Waals surface area contributed by atoms with Gasteiger partial charge >= 0.3 is 0 Å². The molecule has 0 N–H and O–H groups in total. The molecule has 1 unspecified atom stereocenters. The van der Waals surface area contributed by atoms with E-state index in [9.17, 15) is 0 Å². The Labute approximate surface area is 145 Å². The Bertz CT molecular complexity index is 356. The van der Waals surface area contributed by atoms with Crippen LogP contribution in [-0.2, 0) is 6.42 Å². The van der Waals surface area contributed by atoms with Crippen LogP contribution < -0.4 is 0 Å². The quantitative estimate of drug-likeness (QED) is 0.306. The van der Waals surface area contributed by atoms with Crippen molar-refractivity contribution >= 4 is 34.8 Å². The van der Waals surface area contributed by atoms with Crippen molar-refractivity contribution in [3.63, 3.8) is 0 Å². The van der Waals surface area contributed by atoms with Gasteiger partial charge in [0.2, 0.25) is 0 Å². The lowest BCUT2D eigenvalue weighted by Gasteiger charge is -2.24. The molecule has 1 rings (SSSR count). The van der Waals surface area contributed by atoms with Crippen molar-refractivity contribution in [1.82, 2.24) is 0 Å². The summed E-state index contributed by atoms with van der Waals surface area (Å²) in [6.45, 7) is 2.24. The summed E-state index contributed by atoms with van der Waals surface area (Å²) in [4.78, 5) is 0. The van der Waals surface area contributed by atoms with E-state index in [0.717, 1.165) is 25.7 Å². The Morgan fingerprint density at radius 3 is 2.10 bits per heavy atom. The second-order valence-electron chi connectivity index (χ2n) is 5.82. The summed E-state index contributed by atoms with van der Waals surface area (Å²) < 4.78 is -1.14. The topological polar surface area (TPSA) is 0 Å². The molecule has 0 saturated carbocycles. The summed E-state index contributed by atoms with van der Waals surface area (Å²) in [5, 5.41) is 0. The van der Waals surface area contributed by atoms with Crippen molar-refractivity contribution in [1.29, 1.82) is 0 Å². The first-order chi connectivity index (χ1) is 10.0. The van der Waals surface area contributed by atoms with Crippen LogP contribution in [0.15, 0.2) is 30.3 Å². The normalized spacial score (nSPS) is 13.3. The summed E-state index contributed by atoms with van der Waals surface area (Å²) >= 11 is 18.5. The molecule has 0 spiro atoms. The number of hydrogen-bond acceptors (Lipinski definition) is 0. The van der Waals surface area contributed by atoms with Crippen molar-refractivity contribution in [3.8, 4) is 0 Å². The molecule has 1 atom stereocenters. The number of unbranched alkanes of at least 4 members (excludes halogenated alkanes) is 5. The first kappa shape index (κ1) is 19.1. The summed E-state index contributed by atoms with van der Waals surface area (Å²) in [5.41, 5.74) is 1.32. The van der Waals surface area contributed by atoms with Crippen LogP contribution in [0.4, 0.5) is 0 Å². The van der Waals surface area contributed by atoms with E-state index in [2.05, 4.69) is 31.2 Å². The molecule has 0 saturated heterocycles. The maximum absolute atomic E-state index is 6.16. The number of halogens is 3. The monoisotopic (exact) mass is 348 g/mol. The number of alkyl halides is 3. The van der Waals surface area contributed by atoms with Crippen LogP contribution >= 0.6 is 34.8 Å². The van der Waals surface area contributed by atoms with Crippen LogP contribution in [0.5, 0.6) is 0 Å². The molecule has 0 aliphatic carbocycles. The minimum Gasteiger partial charge on any atom is -0.0834 e. The molecule has 0 aliphatic rings. The average Bonchev–Trinajstić information content (AvgIpc) is 2.45. The molecule has 0 fully saturated rings. The minimum absolute atomic E-state index is 0.147. The largest absolute Gasteiger partial charge is 0.193 e. The standard InChI is InChI=1S/C18H27Cl3/c1-2-3-4-5-6-10-13-17(18(19,20)21)15-14-16-11-8-7-9-12-16/h7-9,11-12,17H,2-6,10,13-15H2,1H3. The van der Waals surface area contributed by atoms with Gasteiger partial charge in [0.25, 0.3) is 0 Å². The first-order valence-electron chi connectivity index (χ1n) is 8.14. The summed E-state index contributed by atoms with van der Waals surface area (Å²) in [6, 6.07) is 10.4. The smallest absolute Gasteiger partial charge is 0.0834 e. The molecule has 21 heavy (non-hydrogen) atoms. The highest BCUT2D eigenvalue weighted by molar-refractivity contribution is 6.67. The maximum Gasteiger partial charge on any atom is 0.193 e. The molecule has 1 aromatic rings. The number of benzene rings is 1. The number of aryl methyl sites for hydroxylation is 1. The Hall–Kier alpha value is 0.0900. The summed E-state index contributed by atoms with van der Waals surface area (Å²) in [7, 11) is 0. The van der Waals surface area contributed by atoms with Crippen LogP contribution in [0.1, 0.15) is 63.9 Å². The highest BCUT2D eigenvalue weighted by Crippen LogP contribution is 2.40. The lowest BCUT2D eigenvalue weighted by atomic mass is 9.95. The molecule has 0 radical (unpaired) electrons. The van der Waals surface area contributed by atoms with Crippen LogP contribution in [0.25, 0.3) is 0 Å². The molecular formula is C18H27Cl3. The van der Waals surface area contributed by atoms with Crippen LogP contribution in [0.2, 0.25) is 0 Å². The van der Waals surface area contributed by atoms with Crippen LogP contribution in [-0.4, -0.2) is 3.79 Å². The van der Waals surface area contributed by atoms with Gasteiger partial charge in [-0.25, -0.2) is 0 Å². The van der Waals surface area contributed by atoms with Gasteiger partial charge in [0.1, 0.15) is 0 Å². The number of hydrogen-bond donors (Lipinski definition) is 0. The third-order valence-corrected chi connectivity index (χ3v) is 4.92. The van der Waals surface area contributed by atoms with Gasteiger partial charge in [-0.05, 0) is 24.8 Å². The zero-order chi connectivity index (χ0) is 15.6. The van der Waals surface area contributed by atoms with Gasteiger partial charge in [-0.3, -0.25) is 0 Å². The fourth-order valence-electron chi connectivity index (χ4n) is 2.63. The van der Waals surface area contributed by atoms with Gasteiger partial charge in [-0.15, -0.1) is 0 Å². The van der Waals surface area contributed by atoms with E-state index in [-0.39, 0.29) is 5.92 Å². The Kier molecular flexibility index (Phi) is 9.80. The Morgan fingerprint density at radius 1 is 0.857 bits per heavy atom. The summed E-state index contributed by atoms with van der Waals surface area (Å²) in [5.74, 6) is 0.147. The molecule has 0 amide bonds. The van der Waals surface area contributed by atoms with Gasteiger partial charge in [0, 0.05) is 5.92 Å². The van der Waals surface area contributed by atoms with Crippen molar-refractivity contribution < 1.29 is 0 Å². The van der Waals surface area contributed by atoms with Crippen LogP contribution in [0.3, 0.4) is 0 Å². The maximum atomic E-state index is 6.16. The number of rotatable bonds is 10. The average molecular weight is 350 g/mol. The predicted molar refractivity (Wildman–Crippen MR) is 96.5 cm³/mol. The molecular weight excluding hydrogens is 323 g/mol.